The van der Waals surface area contributed by atoms with Gasteiger partial charge in [-0.25, -0.2) is 4.98 Å². The molecule has 2 N–H and O–H groups in total. The third kappa shape index (κ3) is 1.91. The highest BCUT2D eigenvalue weighted by Gasteiger charge is 2.08. The topological polar surface area (TPSA) is 48.1 Å². The van der Waals surface area contributed by atoms with E-state index in [1.165, 1.54) is 11.3 Å². The lowest BCUT2D eigenvalue weighted by atomic mass is 10.2. The predicted molar refractivity (Wildman–Crippen MR) is 75.3 cm³/mol. The highest BCUT2D eigenvalue weighted by atomic mass is 32.1. The van der Waals surface area contributed by atoms with Crippen molar-refractivity contribution in [1.29, 1.82) is 0 Å². The minimum Gasteiger partial charge on any atom is -0.431 e. The van der Waals surface area contributed by atoms with Crippen molar-refractivity contribution in [1.82, 2.24) is 4.98 Å². The largest absolute Gasteiger partial charge is 0.431 e. The fourth-order valence-corrected chi connectivity index (χ4v) is 2.56. The summed E-state index contributed by atoms with van der Waals surface area (Å²) in [7, 11) is 0. The maximum atomic E-state index is 5.85. The molecular weight excluding hydrogens is 244 g/mol. The normalized spacial score (nSPS) is 10.7. The van der Waals surface area contributed by atoms with Crippen LogP contribution in [0.4, 0.5) is 5.69 Å². The van der Waals surface area contributed by atoms with Crippen molar-refractivity contribution >= 4 is 27.2 Å². The summed E-state index contributed by atoms with van der Waals surface area (Å²) in [5.41, 5.74) is 8.48. The summed E-state index contributed by atoms with van der Waals surface area (Å²) in [5.74, 6) is 0.758. The molecule has 90 valence electrons. The van der Waals surface area contributed by atoms with Crippen LogP contribution in [0.25, 0.3) is 10.2 Å². The molecule has 0 aliphatic carbocycles. The average molecular weight is 256 g/mol. The first-order valence-electron chi connectivity index (χ1n) is 5.62. The first-order valence-corrected chi connectivity index (χ1v) is 6.44. The van der Waals surface area contributed by atoms with Gasteiger partial charge in [0.05, 0.1) is 10.2 Å². The van der Waals surface area contributed by atoms with Gasteiger partial charge in [0.15, 0.2) is 0 Å². The van der Waals surface area contributed by atoms with Crippen molar-refractivity contribution in [3.05, 3.63) is 48.0 Å². The van der Waals surface area contributed by atoms with Gasteiger partial charge in [0, 0.05) is 11.3 Å². The van der Waals surface area contributed by atoms with E-state index in [1.54, 1.807) is 0 Å². The number of rotatable bonds is 2. The Bertz CT molecular complexity index is 673. The Morgan fingerprint density at radius 1 is 1.11 bits per heavy atom. The van der Waals surface area contributed by atoms with E-state index in [-0.39, 0.29) is 0 Å². The lowest BCUT2D eigenvalue weighted by Crippen LogP contribution is -1.92. The van der Waals surface area contributed by atoms with E-state index in [1.807, 2.05) is 49.4 Å². The van der Waals surface area contributed by atoms with E-state index in [9.17, 15) is 0 Å². The van der Waals surface area contributed by atoms with Crippen molar-refractivity contribution in [3.8, 4) is 10.9 Å². The smallest absolute Gasteiger partial charge is 0.279 e. The number of nitrogens with two attached hydrogens (primary N) is 1. The van der Waals surface area contributed by atoms with Gasteiger partial charge >= 0.3 is 0 Å². The van der Waals surface area contributed by atoms with Crippen LogP contribution >= 0.6 is 11.3 Å². The number of benzene rings is 2. The zero-order valence-corrected chi connectivity index (χ0v) is 10.7. The Morgan fingerprint density at radius 2 is 1.94 bits per heavy atom. The van der Waals surface area contributed by atoms with E-state index < -0.39 is 0 Å². The van der Waals surface area contributed by atoms with Crippen LogP contribution in [0.2, 0.25) is 0 Å². The molecule has 0 spiro atoms. The van der Waals surface area contributed by atoms with E-state index in [0.717, 1.165) is 27.2 Å². The zero-order chi connectivity index (χ0) is 12.5. The summed E-state index contributed by atoms with van der Waals surface area (Å²) < 4.78 is 6.92. The molecule has 1 heterocycles. The molecule has 3 nitrogen and oxygen atoms in total. The second kappa shape index (κ2) is 4.31. The Kier molecular flexibility index (Phi) is 2.64. The van der Waals surface area contributed by atoms with Gasteiger partial charge in [-0.2, -0.15) is 0 Å². The first-order chi connectivity index (χ1) is 8.74. The van der Waals surface area contributed by atoms with Gasteiger partial charge in [-0.05, 0) is 31.2 Å². The molecule has 0 fully saturated rings. The fourth-order valence-electron chi connectivity index (χ4n) is 1.73. The fraction of sp³-hybridized carbons (Fsp3) is 0.0714. The zero-order valence-electron chi connectivity index (χ0n) is 9.88. The van der Waals surface area contributed by atoms with Gasteiger partial charge in [-0.15, -0.1) is 0 Å². The Balaban J connectivity index is 1.99. The monoisotopic (exact) mass is 256 g/mol. The number of hydrogen-bond acceptors (Lipinski definition) is 4. The SMILES string of the molecule is Cc1c(N)cccc1Oc1nc2ccccc2s1. The molecule has 0 radical (unpaired) electrons. The molecule has 0 bridgehead atoms. The van der Waals surface area contributed by atoms with Crippen LogP contribution in [0, 0.1) is 6.92 Å². The van der Waals surface area contributed by atoms with Crippen molar-refractivity contribution in [3.63, 3.8) is 0 Å². The first kappa shape index (κ1) is 11.0. The quantitative estimate of drug-likeness (QED) is 0.705. The van der Waals surface area contributed by atoms with Crippen LogP contribution in [0.15, 0.2) is 42.5 Å². The van der Waals surface area contributed by atoms with Crippen LogP contribution in [0.3, 0.4) is 0 Å². The summed E-state index contributed by atoms with van der Waals surface area (Å²) in [6, 6.07) is 13.6. The van der Waals surface area contributed by atoms with E-state index in [0.29, 0.717) is 5.19 Å². The number of fused-ring (bicyclic) bond motifs is 1. The van der Waals surface area contributed by atoms with Gasteiger partial charge in [0.25, 0.3) is 5.19 Å². The van der Waals surface area contributed by atoms with Gasteiger partial charge in [-0.3, -0.25) is 0 Å². The summed E-state index contributed by atoms with van der Waals surface area (Å²) in [5, 5.41) is 0.643. The maximum absolute atomic E-state index is 5.85. The molecule has 0 amide bonds. The number of thiazole rings is 1. The van der Waals surface area contributed by atoms with E-state index >= 15 is 0 Å². The van der Waals surface area contributed by atoms with Gasteiger partial charge < -0.3 is 10.5 Å². The predicted octanol–water partition coefficient (Wildman–Crippen LogP) is 3.98. The Morgan fingerprint density at radius 3 is 2.78 bits per heavy atom. The molecule has 18 heavy (non-hydrogen) atoms. The second-order valence-corrected chi connectivity index (χ2v) is 5.01. The molecule has 4 heteroatoms. The Hall–Kier alpha value is -2.07. The van der Waals surface area contributed by atoms with Crippen molar-refractivity contribution in [2.24, 2.45) is 0 Å². The van der Waals surface area contributed by atoms with Gasteiger partial charge in [0.2, 0.25) is 0 Å². The second-order valence-electron chi connectivity index (χ2n) is 4.02. The molecule has 2 aromatic carbocycles. The van der Waals surface area contributed by atoms with Crippen LogP contribution in [-0.2, 0) is 0 Å². The molecule has 0 aliphatic rings. The number of aromatic nitrogens is 1. The average Bonchev–Trinajstić information content (AvgIpc) is 2.77. The number of nitrogens with zero attached hydrogens (tertiary/aromatic N) is 1. The summed E-state index contributed by atoms with van der Waals surface area (Å²) in [4.78, 5) is 4.43. The number of ether oxygens (including phenoxy) is 1. The molecule has 1 aromatic heterocycles. The standard InChI is InChI=1S/C14H12N2OS/c1-9-10(15)5-4-7-12(9)17-14-16-11-6-2-3-8-13(11)18-14/h2-8H,15H2,1H3. The molecule has 3 rings (SSSR count). The molecule has 0 saturated heterocycles. The minimum absolute atomic E-state index is 0.643. The summed E-state index contributed by atoms with van der Waals surface area (Å²) in [6.45, 7) is 1.94. The van der Waals surface area contributed by atoms with Crippen molar-refractivity contribution < 1.29 is 4.74 Å². The van der Waals surface area contributed by atoms with Crippen LogP contribution in [0.1, 0.15) is 5.56 Å². The summed E-state index contributed by atoms with van der Waals surface area (Å²) >= 11 is 1.53. The van der Waals surface area contributed by atoms with E-state index in [4.69, 9.17) is 10.5 Å². The van der Waals surface area contributed by atoms with Crippen molar-refractivity contribution in [2.45, 2.75) is 6.92 Å². The van der Waals surface area contributed by atoms with Crippen LogP contribution < -0.4 is 10.5 Å². The van der Waals surface area contributed by atoms with Gasteiger partial charge in [-0.1, -0.05) is 29.5 Å². The number of nitrogen functional groups attached to an aromatic ring is 1. The molecule has 0 saturated carbocycles. The Labute approximate surface area is 109 Å². The number of anilines is 1. The molecule has 0 unspecified atom stereocenters. The molecule has 3 aromatic rings. The number of para-hydroxylation sites is 1. The third-order valence-corrected chi connectivity index (χ3v) is 3.71. The highest BCUT2D eigenvalue weighted by Crippen LogP contribution is 2.33. The lowest BCUT2D eigenvalue weighted by molar-refractivity contribution is 0.477. The van der Waals surface area contributed by atoms with E-state index in [2.05, 4.69) is 4.98 Å². The summed E-state index contributed by atoms with van der Waals surface area (Å²) in [6.07, 6.45) is 0. The van der Waals surface area contributed by atoms with Crippen LogP contribution in [-0.4, -0.2) is 4.98 Å². The third-order valence-electron chi connectivity index (χ3n) is 2.80. The van der Waals surface area contributed by atoms with Crippen LogP contribution in [0.5, 0.6) is 10.9 Å². The lowest BCUT2D eigenvalue weighted by Gasteiger charge is -2.07. The maximum Gasteiger partial charge on any atom is 0.279 e. The van der Waals surface area contributed by atoms with Gasteiger partial charge in [0.1, 0.15) is 5.75 Å². The van der Waals surface area contributed by atoms with Crippen molar-refractivity contribution in [2.75, 3.05) is 5.73 Å². The molecule has 0 atom stereocenters. The minimum atomic E-state index is 0.643. The number of hydrogen-bond donors (Lipinski definition) is 1. The highest BCUT2D eigenvalue weighted by molar-refractivity contribution is 7.20. The molecule has 0 aliphatic heterocycles. The molecular formula is C14H12N2OS.